The van der Waals surface area contributed by atoms with Gasteiger partial charge in [-0.05, 0) is 35.1 Å². The number of hydrogen-bond donors (Lipinski definition) is 1. The summed E-state index contributed by atoms with van der Waals surface area (Å²) in [7, 11) is 0. The minimum Gasteiger partial charge on any atom is -0.449 e. The highest BCUT2D eigenvalue weighted by Gasteiger charge is 2.35. The molecule has 32 heavy (non-hydrogen) atoms. The molecule has 2 unspecified atom stereocenters. The summed E-state index contributed by atoms with van der Waals surface area (Å²) < 4.78 is 7.37. The average molecular weight is 449 g/mol. The van der Waals surface area contributed by atoms with Crippen LogP contribution < -0.4 is 5.32 Å². The summed E-state index contributed by atoms with van der Waals surface area (Å²) in [6, 6.07) is 16.7. The van der Waals surface area contributed by atoms with Crippen LogP contribution in [0.3, 0.4) is 0 Å². The quantitative estimate of drug-likeness (QED) is 0.605. The Kier molecular flexibility index (Phi) is 5.70. The van der Waals surface area contributed by atoms with E-state index in [0.717, 1.165) is 12.8 Å². The molecule has 3 aromatic rings. The van der Waals surface area contributed by atoms with Gasteiger partial charge in [0.25, 0.3) is 0 Å². The number of hydrogen-bond acceptors (Lipinski definition) is 6. The maximum absolute atomic E-state index is 12.3. The van der Waals surface area contributed by atoms with Crippen LogP contribution in [0.2, 0.25) is 0 Å². The van der Waals surface area contributed by atoms with E-state index >= 15 is 0 Å². The second-order valence-electron chi connectivity index (χ2n) is 8.16. The second-order valence-corrected chi connectivity index (χ2v) is 9.58. The lowest BCUT2D eigenvalue weighted by Crippen LogP contribution is -2.32. The number of aromatic nitrogens is 3. The van der Waals surface area contributed by atoms with Crippen LogP contribution in [-0.4, -0.2) is 38.1 Å². The van der Waals surface area contributed by atoms with Crippen LogP contribution in [0.15, 0.2) is 54.7 Å². The molecule has 0 saturated heterocycles. The standard InChI is InChI=1S/C24H24N4O3S/c1-15(29)32-23-11-10-22(23)28-13-16(26-27-28)12-25-24(30)31-14-21-19-8-4-2-6-17(19)18-7-3-5-9-20(18)21/h2-9,13,21-23H,10-12,14H2,1H3,(H,25,30). The number of fused-ring (bicyclic) bond motifs is 3. The van der Waals surface area contributed by atoms with Gasteiger partial charge >= 0.3 is 6.09 Å². The smallest absolute Gasteiger partial charge is 0.407 e. The molecule has 5 rings (SSSR count). The monoisotopic (exact) mass is 448 g/mol. The van der Waals surface area contributed by atoms with E-state index in [-0.39, 0.29) is 35.5 Å². The molecule has 2 aromatic carbocycles. The Morgan fingerprint density at radius 3 is 2.41 bits per heavy atom. The molecule has 0 radical (unpaired) electrons. The first kappa shape index (κ1) is 20.8. The minimum atomic E-state index is -0.477. The Labute approximate surface area is 190 Å². The van der Waals surface area contributed by atoms with Crippen LogP contribution in [0.25, 0.3) is 11.1 Å². The van der Waals surface area contributed by atoms with Crippen molar-refractivity contribution in [1.82, 2.24) is 20.3 Å². The zero-order chi connectivity index (χ0) is 22.1. The van der Waals surface area contributed by atoms with Gasteiger partial charge in [0.15, 0.2) is 5.12 Å². The number of rotatable bonds is 6. The third kappa shape index (κ3) is 4.02. The van der Waals surface area contributed by atoms with E-state index in [2.05, 4.69) is 39.9 Å². The number of alkyl carbamates (subject to hydrolysis) is 1. The minimum absolute atomic E-state index is 0.0309. The largest absolute Gasteiger partial charge is 0.449 e. The molecule has 7 nitrogen and oxygen atoms in total. The molecule has 1 aromatic heterocycles. The Morgan fingerprint density at radius 2 is 1.78 bits per heavy atom. The number of benzene rings is 2. The van der Waals surface area contributed by atoms with Crippen LogP contribution in [-0.2, 0) is 16.1 Å². The summed E-state index contributed by atoms with van der Waals surface area (Å²) in [5, 5.41) is 11.5. The lowest BCUT2D eigenvalue weighted by molar-refractivity contribution is -0.109. The summed E-state index contributed by atoms with van der Waals surface area (Å²) in [6.45, 7) is 2.11. The van der Waals surface area contributed by atoms with Crippen molar-refractivity contribution in [3.8, 4) is 11.1 Å². The van der Waals surface area contributed by atoms with E-state index in [4.69, 9.17) is 4.74 Å². The van der Waals surface area contributed by atoms with E-state index in [1.165, 1.54) is 34.0 Å². The van der Waals surface area contributed by atoms with E-state index < -0.39 is 6.09 Å². The van der Waals surface area contributed by atoms with Crippen LogP contribution in [0.1, 0.15) is 48.5 Å². The van der Waals surface area contributed by atoms with Gasteiger partial charge < -0.3 is 10.1 Å². The fourth-order valence-corrected chi connectivity index (χ4v) is 5.57. The maximum Gasteiger partial charge on any atom is 0.407 e. The number of nitrogens with one attached hydrogen (secondary N) is 1. The van der Waals surface area contributed by atoms with Gasteiger partial charge in [0.2, 0.25) is 0 Å². The van der Waals surface area contributed by atoms with Crippen molar-refractivity contribution in [2.24, 2.45) is 0 Å². The number of thioether (sulfide) groups is 1. The third-order valence-corrected chi connectivity index (χ3v) is 7.33. The van der Waals surface area contributed by atoms with E-state index in [0.29, 0.717) is 5.69 Å². The van der Waals surface area contributed by atoms with Gasteiger partial charge in [0.1, 0.15) is 12.3 Å². The first-order chi connectivity index (χ1) is 15.6. The molecule has 2 atom stereocenters. The summed E-state index contributed by atoms with van der Waals surface area (Å²) in [5.74, 6) is 0.0309. The maximum atomic E-state index is 12.3. The number of carbonyl (C=O) groups is 2. The topological polar surface area (TPSA) is 86.1 Å². The highest BCUT2D eigenvalue weighted by Crippen LogP contribution is 2.44. The normalized spacial score (nSPS) is 19.0. The van der Waals surface area contributed by atoms with Gasteiger partial charge in [0, 0.05) is 18.1 Å². The molecule has 164 valence electrons. The van der Waals surface area contributed by atoms with Gasteiger partial charge in [-0.1, -0.05) is 65.5 Å². The SMILES string of the molecule is CC(=O)SC1CCC1n1cc(CNC(=O)OCC2c3ccccc3-c3ccccc32)nn1. The molecular formula is C24H24N4O3S. The van der Waals surface area contributed by atoms with Crippen molar-refractivity contribution in [3.05, 3.63) is 71.5 Å². The highest BCUT2D eigenvalue weighted by atomic mass is 32.2. The molecule has 0 bridgehead atoms. The molecule has 8 heteroatoms. The van der Waals surface area contributed by atoms with E-state index in [1.54, 1.807) is 11.6 Å². The summed E-state index contributed by atoms with van der Waals surface area (Å²) in [6.07, 6.45) is 3.34. The van der Waals surface area contributed by atoms with Gasteiger partial charge in [-0.25, -0.2) is 9.48 Å². The van der Waals surface area contributed by atoms with Crippen molar-refractivity contribution < 1.29 is 14.3 Å². The van der Waals surface area contributed by atoms with Crippen molar-refractivity contribution in [1.29, 1.82) is 0 Å². The molecule has 1 amide bonds. The predicted molar refractivity (Wildman–Crippen MR) is 122 cm³/mol. The van der Waals surface area contributed by atoms with E-state index in [1.807, 2.05) is 30.5 Å². The fraction of sp³-hybridized carbons (Fsp3) is 0.333. The van der Waals surface area contributed by atoms with Gasteiger partial charge in [0.05, 0.1) is 18.8 Å². The van der Waals surface area contributed by atoms with Crippen molar-refractivity contribution >= 4 is 23.0 Å². The summed E-state index contributed by atoms with van der Waals surface area (Å²) in [5.41, 5.74) is 5.43. The Hall–Kier alpha value is -3.13. The molecule has 1 saturated carbocycles. The van der Waals surface area contributed by atoms with Crippen molar-refractivity contribution in [2.75, 3.05) is 6.61 Å². The Morgan fingerprint density at radius 1 is 1.09 bits per heavy atom. The first-order valence-electron chi connectivity index (χ1n) is 10.8. The lowest BCUT2D eigenvalue weighted by Gasteiger charge is -2.34. The zero-order valence-electron chi connectivity index (χ0n) is 17.7. The molecule has 0 aliphatic heterocycles. The number of ether oxygens (including phenoxy) is 1. The summed E-state index contributed by atoms with van der Waals surface area (Å²) >= 11 is 1.36. The molecule has 1 fully saturated rings. The molecular weight excluding hydrogens is 424 g/mol. The molecule has 1 N–H and O–H groups in total. The lowest BCUT2D eigenvalue weighted by atomic mass is 9.92. The highest BCUT2D eigenvalue weighted by molar-refractivity contribution is 8.14. The van der Waals surface area contributed by atoms with E-state index in [9.17, 15) is 9.59 Å². The van der Waals surface area contributed by atoms with Crippen molar-refractivity contribution in [2.45, 2.75) is 43.5 Å². The summed E-state index contributed by atoms with van der Waals surface area (Å²) in [4.78, 5) is 23.7. The first-order valence-corrected chi connectivity index (χ1v) is 11.6. The van der Waals surface area contributed by atoms with Gasteiger partial charge in [-0.2, -0.15) is 0 Å². The van der Waals surface area contributed by atoms with Crippen LogP contribution in [0.4, 0.5) is 4.79 Å². The number of nitrogens with zero attached hydrogens (tertiary/aromatic N) is 3. The molecule has 1 heterocycles. The van der Waals surface area contributed by atoms with Crippen molar-refractivity contribution in [3.63, 3.8) is 0 Å². The molecule has 2 aliphatic carbocycles. The Bertz CT molecular complexity index is 1120. The third-order valence-electron chi connectivity index (χ3n) is 6.15. The average Bonchev–Trinajstić information content (AvgIpc) is 3.36. The van der Waals surface area contributed by atoms with Crippen LogP contribution >= 0.6 is 11.8 Å². The van der Waals surface area contributed by atoms with Crippen LogP contribution in [0, 0.1) is 0 Å². The second kappa shape index (κ2) is 8.78. The van der Waals surface area contributed by atoms with Gasteiger partial charge in [-0.15, -0.1) is 5.10 Å². The molecule has 2 aliphatic rings. The fourth-order valence-electron chi connectivity index (χ4n) is 4.47. The van der Waals surface area contributed by atoms with Crippen LogP contribution in [0.5, 0.6) is 0 Å². The predicted octanol–water partition coefficient (Wildman–Crippen LogP) is 4.30. The Balaban J connectivity index is 1.16. The zero-order valence-corrected chi connectivity index (χ0v) is 18.5. The number of amides is 1. The molecule has 0 spiro atoms. The number of carbonyl (C=O) groups excluding carboxylic acids is 2. The van der Waals surface area contributed by atoms with Gasteiger partial charge in [-0.3, -0.25) is 4.79 Å².